The Morgan fingerprint density at radius 1 is 1.48 bits per heavy atom. The fraction of sp³-hybridized carbons (Fsp3) is 0.611. The molecule has 134 valence electrons. The smallest absolute Gasteiger partial charge is 0.227 e. The van der Waals surface area contributed by atoms with Gasteiger partial charge in [0.25, 0.3) is 0 Å². The van der Waals surface area contributed by atoms with Crippen molar-refractivity contribution in [3.05, 3.63) is 24.5 Å². The molecule has 1 amide bonds. The first-order chi connectivity index (χ1) is 12.2. The van der Waals surface area contributed by atoms with Gasteiger partial charge in [-0.3, -0.25) is 4.79 Å². The van der Waals surface area contributed by atoms with E-state index in [0.29, 0.717) is 30.7 Å². The van der Waals surface area contributed by atoms with E-state index in [1.165, 1.54) is 6.42 Å². The predicted molar refractivity (Wildman–Crippen MR) is 88.6 cm³/mol. The Balaban J connectivity index is 1.27. The number of carbonyl (C=O) groups excluding carboxylic acids is 1. The fourth-order valence-electron chi connectivity index (χ4n) is 3.99. The summed E-state index contributed by atoms with van der Waals surface area (Å²) in [6.45, 7) is 2.77. The SMILES string of the molecule is CCO[C@@H]1C[C@H](NC(=O)CCc2nc(-c3ccoc3)no2)C12CCC2. The monoisotopic (exact) mass is 345 g/mol. The third-order valence-electron chi connectivity index (χ3n) is 5.59. The largest absolute Gasteiger partial charge is 0.472 e. The molecule has 7 nitrogen and oxygen atoms in total. The molecule has 0 aliphatic heterocycles. The van der Waals surface area contributed by atoms with E-state index in [1.807, 2.05) is 6.92 Å². The number of aromatic nitrogens is 2. The van der Waals surface area contributed by atoms with Gasteiger partial charge in [0.15, 0.2) is 0 Å². The van der Waals surface area contributed by atoms with E-state index in [0.717, 1.165) is 31.4 Å². The van der Waals surface area contributed by atoms with Crippen molar-refractivity contribution in [2.24, 2.45) is 5.41 Å². The highest BCUT2D eigenvalue weighted by molar-refractivity contribution is 5.76. The second-order valence-electron chi connectivity index (χ2n) is 6.91. The lowest BCUT2D eigenvalue weighted by Gasteiger charge is -2.61. The van der Waals surface area contributed by atoms with Crippen LogP contribution in [0.5, 0.6) is 0 Å². The molecule has 2 fully saturated rings. The van der Waals surface area contributed by atoms with Crippen molar-refractivity contribution in [3.63, 3.8) is 0 Å². The van der Waals surface area contributed by atoms with Crippen molar-refractivity contribution in [2.75, 3.05) is 6.61 Å². The summed E-state index contributed by atoms with van der Waals surface area (Å²) in [5, 5.41) is 7.08. The summed E-state index contributed by atoms with van der Waals surface area (Å²) < 4.78 is 16.0. The van der Waals surface area contributed by atoms with Crippen LogP contribution < -0.4 is 5.32 Å². The molecule has 2 atom stereocenters. The summed E-state index contributed by atoms with van der Waals surface area (Å²) in [6, 6.07) is 2.01. The maximum absolute atomic E-state index is 12.3. The van der Waals surface area contributed by atoms with Gasteiger partial charge in [0.1, 0.15) is 6.26 Å². The Kier molecular flexibility index (Phi) is 4.33. The van der Waals surface area contributed by atoms with Crippen LogP contribution in [0.25, 0.3) is 11.4 Å². The molecular weight excluding hydrogens is 322 g/mol. The van der Waals surface area contributed by atoms with Crippen LogP contribution in [-0.4, -0.2) is 34.8 Å². The summed E-state index contributed by atoms with van der Waals surface area (Å²) in [5.74, 6) is 0.982. The van der Waals surface area contributed by atoms with Gasteiger partial charge >= 0.3 is 0 Å². The highest BCUT2D eigenvalue weighted by atomic mass is 16.5. The molecule has 0 radical (unpaired) electrons. The molecule has 4 rings (SSSR count). The number of hydrogen-bond donors (Lipinski definition) is 1. The third kappa shape index (κ3) is 2.97. The van der Waals surface area contributed by atoms with Gasteiger partial charge in [-0.05, 0) is 32.3 Å². The molecule has 1 N–H and O–H groups in total. The standard InChI is InChI=1S/C18H23N3O4/c1-2-24-14-10-13(18(14)7-3-8-18)19-15(22)4-5-16-20-17(21-25-16)12-6-9-23-11-12/h6,9,11,13-14H,2-5,7-8,10H2,1H3,(H,19,22)/t13-,14+/m0/s1. The van der Waals surface area contributed by atoms with E-state index >= 15 is 0 Å². The van der Waals surface area contributed by atoms with Crippen molar-refractivity contribution in [1.82, 2.24) is 15.5 Å². The minimum atomic E-state index is 0.0364. The molecule has 25 heavy (non-hydrogen) atoms. The van der Waals surface area contributed by atoms with Gasteiger partial charge in [-0.15, -0.1) is 0 Å². The zero-order valence-electron chi connectivity index (χ0n) is 14.4. The normalized spacial score (nSPS) is 23.9. The summed E-state index contributed by atoms with van der Waals surface area (Å²) in [4.78, 5) is 16.6. The number of carbonyl (C=O) groups is 1. The molecule has 0 saturated heterocycles. The molecule has 2 aromatic heterocycles. The fourth-order valence-corrected chi connectivity index (χ4v) is 3.99. The number of amides is 1. The van der Waals surface area contributed by atoms with Gasteiger partial charge in [0.05, 0.1) is 17.9 Å². The summed E-state index contributed by atoms with van der Waals surface area (Å²) in [5.41, 5.74) is 0.952. The van der Waals surface area contributed by atoms with E-state index < -0.39 is 0 Å². The zero-order valence-corrected chi connectivity index (χ0v) is 14.4. The quantitative estimate of drug-likeness (QED) is 0.830. The van der Waals surface area contributed by atoms with Crippen molar-refractivity contribution in [1.29, 1.82) is 0 Å². The number of nitrogens with zero attached hydrogens (tertiary/aromatic N) is 2. The van der Waals surface area contributed by atoms with Crippen molar-refractivity contribution in [2.45, 2.75) is 57.6 Å². The van der Waals surface area contributed by atoms with Crippen LogP contribution in [0.2, 0.25) is 0 Å². The van der Waals surface area contributed by atoms with Gasteiger partial charge in [-0.25, -0.2) is 0 Å². The van der Waals surface area contributed by atoms with Crippen LogP contribution in [0.1, 0.15) is 44.9 Å². The maximum atomic E-state index is 12.3. The molecule has 2 aliphatic carbocycles. The molecule has 2 heterocycles. The number of furan rings is 1. The summed E-state index contributed by atoms with van der Waals surface area (Å²) in [6.07, 6.45) is 8.67. The first-order valence-corrected chi connectivity index (χ1v) is 8.97. The minimum absolute atomic E-state index is 0.0364. The lowest BCUT2D eigenvalue weighted by Crippen LogP contribution is -2.67. The first kappa shape index (κ1) is 16.3. The van der Waals surface area contributed by atoms with Crippen molar-refractivity contribution in [3.8, 4) is 11.4 Å². The Labute approximate surface area is 146 Å². The number of nitrogens with one attached hydrogen (secondary N) is 1. The average Bonchev–Trinajstić information content (AvgIpc) is 3.21. The number of aryl methyl sites for hydroxylation is 1. The Morgan fingerprint density at radius 2 is 2.36 bits per heavy atom. The highest BCUT2D eigenvalue weighted by Gasteiger charge is 2.59. The van der Waals surface area contributed by atoms with E-state index in [-0.39, 0.29) is 17.4 Å². The Bertz CT molecular complexity index is 721. The Morgan fingerprint density at radius 3 is 3.04 bits per heavy atom. The molecule has 7 heteroatoms. The van der Waals surface area contributed by atoms with Crippen LogP contribution in [0.15, 0.2) is 27.5 Å². The van der Waals surface area contributed by atoms with Crippen LogP contribution >= 0.6 is 0 Å². The predicted octanol–water partition coefficient (Wildman–Crippen LogP) is 2.73. The van der Waals surface area contributed by atoms with E-state index in [4.69, 9.17) is 13.7 Å². The molecule has 2 saturated carbocycles. The molecule has 0 aromatic carbocycles. The van der Waals surface area contributed by atoms with Crippen LogP contribution in [0, 0.1) is 5.41 Å². The molecule has 2 aliphatic rings. The van der Waals surface area contributed by atoms with E-state index in [1.54, 1.807) is 18.6 Å². The summed E-state index contributed by atoms with van der Waals surface area (Å²) >= 11 is 0. The van der Waals surface area contributed by atoms with E-state index in [9.17, 15) is 4.79 Å². The second kappa shape index (κ2) is 6.63. The molecule has 0 bridgehead atoms. The Hall–Kier alpha value is -2.15. The zero-order chi connectivity index (χ0) is 17.3. The summed E-state index contributed by atoms with van der Waals surface area (Å²) in [7, 11) is 0. The first-order valence-electron chi connectivity index (χ1n) is 8.97. The molecule has 0 unspecified atom stereocenters. The maximum Gasteiger partial charge on any atom is 0.227 e. The van der Waals surface area contributed by atoms with Gasteiger partial charge < -0.3 is 19.0 Å². The van der Waals surface area contributed by atoms with Gasteiger partial charge in [0, 0.05) is 30.9 Å². The molecule has 2 aromatic rings. The van der Waals surface area contributed by atoms with E-state index in [2.05, 4.69) is 15.5 Å². The van der Waals surface area contributed by atoms with Gasteiger partial charge in [0.2, 0.25) is 17.6 Å². The van der Waals surface area contributed by atoms with Crippen LogP contribution in [0.3, 0.4) is 0 Å². The highest BCUT2D eigenvalue weighted by Crippen LogP contribution is 2.57. The van der Waals surface area contributed by atoms with Gasteiger partial charge in [-0.1, -0.05) is 11.6 Å². The van der Waals surface area contributed by atoms with Crippen LogP contribution in [0.4, 0.5) is 0 Å². The topological polar surface area (TPSA) is 90.4 Å². The van der Waals surface area contributed by atoms with Crippen molar-refractivity contribution >= 4 is 5.91 Å². The third-order valence-corrected chi connectivity index (χ3v) is 5.59. The van der Waals surface area contributed by atoms with Crippen molar-refractivity contribution < 1.29 is 18.5 Å². The number of rotatable bonds is 7. The van der Waals surface area contributed by atoms with Gasteiger partial charge in [-0.2, -0.15) is 4.98 Å². The van der Waals surface area contributed by atoms with Crippen LogP contribution in [-0.2, 0) is 16.0 Å². The lowest BCUT2D eigenvalue weighted by molar-refractivity contribution is -0.175. The number of ether oxygens (including phenoxy) is 1. The lowest BCUT2D eigenvalue weighted by atomic mass is 9.51. The number of hydrogen-bond acceptors (Lipinski definition) is 6. The average molecular weight is 345 g/mol. The molecular formula is C18H23N3O4. The minimum Gasteiger partial charge on any atom is -0.472 e. The molecule has 1 spiro atoms. The second-order valence-corrected chi connectivity index (χ2v) is 6.91.